The van der Waals surface area contributed by atoms with Gasteiger partial charge in [0.15, 0.2) is 0 Å². The molecule has 0 unspecified atom stereocenters. The van der Waals surface area contributed by atoms with Gasteiger partial charge in [0.25, 0.3) is 0 Å². The molecule has 0 saturated carbocycles. The van der Waals surface area contributed by atoms with Crippen molar-refractivity contribution in [3.63, 3.8) is 0 Å². The Kier molecular flexibility index (Phi) is 7.54. The first-order valence-corrected chi connectivity index (χ1v) is 20.2. The van der Waals surface area contributed by atoms with Crippen LogP contribution in [0.15, 0.2) is 223 Å². The van der Waals surface area contributed by atoms with E-state index in [0.717, 1.165) is 44.7 Å². The average Bonchev–Trinajstić information content (AvgIpc) is 3.85. The fourth-order valence-electron chi connectivity index (χ4n) is 9.29. The summed E-state index contributed by atoms with van der Waals surface area (Å²) in [5, 5.41) is 9.76. The molecule has 276 valence electrons. The summed E-state index contributed by atoms with van der Waals surface area (Å²) in [6.45, 7) is 0. The van der Waals surface area contributed by atoms with Gasteiger partial charge in [-0.15, -0.1) is 0 Å². The Labute approximate surface area is 341 Å². The van der Waals surface area contributed by atoms with Crippen molar-refractivity contribution in [3.8, 4) is 27.9 Å². The summed E-state index contributed by atoms with van der Waals surface area (Å²) in [5.41, 5.74) is 13.3. The Morgan fingerprint density at radius 2 is 0.949 bits per heavy atom. The maximum Gasteiger partial charge on any atom is 0.137 e. The molecule has 3 nitrogen and oxygen atoms in total. The highest BCUT2D eigenvalue weighted by molar-refractivity contribution is 6.25. The molecule has 3 heteroatoms. The van der Waals surface area contributed by atoms with E-state index in [-0.39, 0.29) is 0 Å². The predicted molar refractivity (Wildman–Crippen MR) is 249 cm³/mol. The van der Waals surface area contributed by atoms with E-state index in [0.29, 0.717) is 0 Å². The standard InChI is InChI=1S/C56H36N2O/c1-2-12-37(13-3-1)38-24-27-41(28-25-38)57(44-33-34-48-47-18-7-9-23-53(47)59-54(48)36-44)42-29-31-43(32-30-42)58-51-22-8-6-19-50(51)56-52(58)35-26-40-16-11-21-49(55(40)56)46-20-10-15-39-14-4-5-17-45(39)46/h1-36H. The lowest BCUT2D eigenvalue weighted by molar-refractivity contribution is 0.669. The van der Waals surface area contributed by atoms with Gasteiger partial charge in [0.05, 0.1) is 11.0 Å². The summed E-state index contributed by atoms with van der Waals surface area (Å²) in [5.74, 6) is 0. The molecule has 0 amide bonds. The molecule has 0 saturated heterocycles. The van der Waals surface area contributed by atoms with E-state index in [2.05, 4.69) is 216 Å². The minimum absolute atomic E-state index is 0.867. The van der Waals surface area contributed by atoms with Crippen LogP contribution in [0.2, 0.25) is 0 Å². The van der Waals surface area contributed by atoms with Crippen molar-refractivity contribution in [2.24, 2.45) is 0 Å². The number of para-hydroxylation sites is 2. The van der Waals surface area contributed by atoms with Gasteiger partial charge in [0, 0.05) is 50.4 Å². The van der Waals surface area contributed by atoms with Crippen LogP contribution < -0.4 is 4.90 Å². The largest absolute Gasteiger partial charge is 0.456 e. The monoisotopic (exact) mass is 752 g/mol. The van der Waals surface area contributed by atoms with Gasteiger partial charge >= 0.3 is 0 Å². The minimum atomic E-state index is 0.867. The van der Waals surface area contributed by atoms with Gasteiger partial charge < -0.3 is 13.9 Å². The van der Waals surface area contributed by atoms with E-state index in [9.17, 15) is 0 Å². The van der Waals surface area contributed by atoms with E-state index < -0.39 is 0 Å². The van der Waals surface area contributed by atoms with Crippen LogP contribution in [0, 0.1) is 0 Å². The molecular formula is C56H36N2O. The van der Waals surface area contributed by atoms with E-state index in [1.54, 1.807) is 0 Å². The molecule has 0 spiro atoms. The smallest absolute Gasteiger partial charge is 0.137 e. The quantitative estimate of drug-likeness (QED) is 0.169. The zero-order chi connectivity index (χ0) is 38.9. The first-order valence-electron chi connectivity index (χ1n) is 20.2. The highest BCUT2D eigenvalue weighted by atomic mass is 16.3. The van der Waals surface area contributed by atoms with Crippen LogP contribution in [-0.2, 0) is 0 Å². The van der Waals surface area contributed by atoms with Gasteiger partial charge in [-0.25, -0.2) is 0 Å². The van der Waals surface area contributed by atoms with Crippen molar-refractivity contribution in [3.05, 3.63) is 218 Å². The Balaban J connectivity index is 1.02. The van der Waals surface area contributed by atoms with Crippen LogP contribution in [0.25, 0.3) is 93.2 Å². The third-order valence-corrected chi connectivity index (χ3v) is 12.0. The predicted octanol–water partition coefficient (Wildman–Crippen LogP) is 15.8. The molecule has 2 aromatic heterocycles. The Hall–Kier alpha value is -7.88. The zero-order valence-electron chi connectivity index (χ0n) is 32.1. The molecule has 2 heterocycles. The van der Waals surface area contributed by atoms with Crippen molar-refractivity contribution < 1.29 is 4.42 Å². The lowest BCUT2D eigenvalue weighted by Gasteiger charge is -2.26. The second-order valence-corrected chi connectivity index (χ2v) is 15.3. The normalized spacial score (nSPS) is 11.7. The summed E-state index contributed by atoms with van der Waals surface area (Å²) in [6, 6.07) is 78.7. The summed E-state index contributed by atoms with van der Waals surface area (Å²) in [4.78, 5) is 2.32. The van der Waals surface area contributed by atoms with E-state index in [1.807, 2.05) is 12.1 Å². The molecule has 12 rings (SSSR count). The van der Waals surface area contributed by atoms with Crippen molar-refractivity contribution in [1.82, 2.24) is 4.57 Å². The number of fused-ring (bicyclic) bond motifs is 9. The highest BCUT2D eigenvalue weighted by Gasteiger charge is 2.20. The second kappa shape index (κ2) is 13.4. The number of benzene rings is 10. The maximum absolute atomic E-state index is 6.40. The Morgan fingerprint density at radius 1 is 0.339 bits per heavy atom. The molecule has 0 aliphatic heterocycles. The van der Waals surface area contributed by atoms with Crippen LogP contribution in [0.3, 0.4) is 0 Å². The molecule has 0 atom stereocenters. The average molecular weight is 753 g/mol. The molecule has 0 N–H and O–H groups in total. The first kappa shape index (κ1) is 33.3. The molecule has 10 aromatic carbocycles. The molecule has 0 aliphatic rings. The van der Waals surface area contributed by atoms with Gasteiger partial charge in [0.1, 0.15) is 11.2 Å². The summed E-state index contributed by atoms with van der Waals surface area (Å²) in [7, 11) is 0. The van der Waals surface area contributed by atoms with Gasteiger partial charge in [0.2, 0.25) is 0 Å². The Morgan fingerprint density at radius 3 is 1.78 bits per heavy atom. The number of hydrogen-bond acceptors (Lipinski definition) is 2. The number of hydrogen-bond donors (Lipinski definition) is 0. The summed E-state index contributed by atoms with van der Waals surface area (Å²) in [6.07, 6.45) is 0. The first-order chi connectivity index (χ1) is 29.3. The van der Waals surface area contributed by atoms with Crippen LogP contribution in [0.5, 0.6) is 0 Å². The second-order valence-electron chi connectivity index (χ2n) is 15.3. The topological polar surface area (TPSA) is 21.3 Å². The molecule has 59 heavy (non-hydrogen) atoms. The number of furan rings is 1. The molecule has 0 radical (unpaired) electrons. The fraction of sp³-hybridized carbons (Fsp3) is 0. The fourth-order valence-corrected chi connectivity index (χ4v) is 9.29. The highest BCUT2D eigenvalue weighted by Crippen LogP contribution is 2.44. The minimum Gasteiger partial charge on any atom is -0.456 e. The van der Waals surface area contributed by atoms with Crippen molar-refractivity contribution in [2.75, 3.05) is 4.90 Å². The molecule has 12 aromatic rings. The van der Waals surface area contributed by atoms with E-state index in [4.69, 9.17) is 4.42 Å². The lowest BCUT2D eigenvalue weighted by Crippen LogP contribution is -2.10. The third kappa shape index (κ3) is 5.36. The van der Waals surface area contributed by atoms with Crippen LogP contribution in [0.1, 0.15) is 0 Å². The summed E-state index contributed by atoms with van der Waals surface area (Å²) < 4.78 is 8.82. The van der Waals surface area contributed by atoms with Gasteiger partial charge in [-0.3, -0.25) is 0 Å². The SMILES string of the molecule is c1ccc(-c2ccc(N(c3ccc(-n4c5ccccc5c5c6c(-c7cccc8ccccc78)cccc6ccc54)cc3)c3ccc4c(c3)oc3ccccc34)cc2)cc1. The summed E-state index contributed by atoms with van der Waals surface area (Å²) >= 11 is 0. The third-order valence-electron chi connectivity index (χ3n) is 12.0. The molecule has 0 fully saturated rings. The molecule has 0 aliphatic carbocycles. The lowest BCUT2D eigenvalue weighted by atomic mass is 9.92. The van der Waals surface area contributed by atoms with E-state index >= 15 is 0 Å². The molecular weight excluding hydrogens is 717 g/mol. The number of rotatable bonds is 6. The van der Waals surface area contributed by atoms with Crippen LogP contribution >= 0.6 is 0 Å². The number of anilines is 3. The van der Waals surface area contributed by atoms with Gasteiger partial charge in [-0.1, -0.05) is 146 Å². The molecule has 0 bridgehead atoms. The van der Waals surface area contributed by atoms with Gasteiger partial charge in [-0.2, -0.15) is 0 Å². The van der Waals surface area contributed by atoms with Crippen molar-refractivity contribution in [1.29, 1.82) is 0 Å². The van der Waals surface area contributed by atoms with Crippen molar-refractivity contribution >= 4 is 82.4 Å². The van der Waals surface area contributed by atoms with Crippen LogP contribution in [0.4, 0.5) is 17.1 Å². The van der Waals surface area contributed by atoms with Crippen LogP contribution in [-0.4, -0.2) is 4.57 Å². The van der Waals surface area contributed by atoms with Gasteiger partial charge in [-0.05, 0) is 111 Å². The Bertz CT molecular complexity index is 3540. The zero-order valence-corrected chi connectivity index (χ0v) is 32.1. The van der Waals surface area contributed by atoms with E-state index in [1.165, 1.54) is 65.6 Å². The number of nitrogens with zero attached hydrogens (tertiary/aromatic N) is 2. The maximum atomic E-state index is 6.40. The van der Waals surface area contributed by atoms with Crippen molar-refractivity contribution in [2.45, 2.75) is 0 Å². The number of aromatic nitrogens is 1.